The minimum Gasteiger partial charge on any atom is -0.497 e. The molecule has 0 spiro atoms. The van der Waals surface area contributed by atoms with Gasteiger partial charge in [-0.05, 0) is 35.9 Å². The van der Waals surface area contributed by atoms with Gasteiger partial charge in [0.1, 0.15) is 21.9 Å². The molecule has 0 aromatic heterocycles. The normalized spacial score (nSPS) is 24.0. The number of thioether (sulfide) groups is 2. The summed E-state index contributed by atoms with van der Waals surface area (Å²) in [5, 5.41) is 13.3. The van der Waals surface area contributed by atoms with Gasteiger partial charge in [-0.25, -0.2) is 0 Å². The number of hydrogen-bond acceptors (Lipinski definition) is 6. The topological polar surface area (TPSA) is 95.9 Å². The zero-order chi connectivity index (χ0) is 23.8. The summed E-state index contributed by atoms with van der Waals surface area (Å²) < 4.78 is 3.84. The lowest BCUT2D eigenvalue weighted by Crippen LogP contribution is -2.74. The molecule has 3 atom stereocenters. The number of rotatable bonds is 7. The van der Waals surface area contributed by atoms with Gasteiger partial charge < -0.3 is 20.1 Å². The van der Waals surface area contributed by atoms with E-state index in [2.05, 4.69) is 5.32 Å². The quantitative estimate of drug-likeness (QED) is 0.532. The summed E-state index contributed by atoms with van der Waals surface area (Å²) in [6.07, 6.45) is 0.132. The standard InChI is InChI=1S/C22H20Cl2N2O5S2/c1-31-14-5-2-12(3-6-14)8-17(27)25-18-19(28)26-10-22(21(29)30,11-32-20(18)26)33-16-9-13(23)4-7-15(16)24/h2-7,9,18,20H,8,10-11H2,1H3,(H,25,27)(H,29,30)/t18?,20-,22?/m1/s1. The molecule has 2 fully saturated rings. The molecule has 11 heteroatoms. The van der Waals surface area contributed by atoms with E-state index >= 15 is 0 Å². The number of β-lactam (4-membered cyclic amide) rings is 1. The number of methoxy groups -OCH3 is 1. The fraction of sp³-hybridized carbons (Fsp3) is 0.318. The molecule has 2 aliphatic rings. The highest BCUT2D eigenvalue weighted by atomic mass is 35.5. The van der Waals surface area contributed by atoms with Crippen molar-refractivity contribution in [1.82, 2.24) is 10.2 Å². The van der Waals surface area contributed by atoms with Crippen molar-refractivity contribution < 1.29 is 24.2 Å². The average Bonchev–Trinajstić information content (AvgIpc) is 2.80. The number of amides is 2. The highest BCUT2D eigenvalue weighted by molar-refractivity contribution is 8.05. The van der Waals surface area contributed by atoms with Crippen LogP contribution in [-0.4, -0.2) is 63.4 Å². The van der Waals surface area contributed by atoms with Crippen LogP contribution in [0.15, 0.2) is 47.4 Å². The van der Waals surface area contributed by atoms with Gasteiger partial charge in [0.15, 0.2) is 0 Å². The van der Waals surface area contributed by atoms with Crippen LogP contribution in [0.1, 0.15) is 5.56 Å². The van der Waals surface area contributed by atoms with E-state index in [0.717, 1.165) is 17.3 Å². The summed E-state index contributed by atoms with van der Waals surface area (Å²) >= 11 is 14.7. The van der Waals surface area contributed by atoms with Gasteiger partial charge in [0.2, 0.25) is 11.8 Å². The number of carboxylic acid groups (broad SMARTS) is 1. The summed E-state index contributed by atoms with van der Waals surface area (Å²) in [7, 11) is 1.57. The number of aliphatic carboxylic acids is 1. The first kappa shape index (κ1) is 24.1. The van der Waals surface area contributed by atoms with E-state index in [-0.39, 0.29) is 35.9 Å². The SMILES string of the molecule is COc1ccc(CC(=O)NC2C(=O)N3CC(Sc4cc(Cl)ccc4Cl)(C(=O)O)CS[C@H]23)cc1. The van der Waals surface area contributed by atoms with Gasteiger partial charge in [-0.2, -0.15) is 0 Å². The van der Waals surface area contributed by atoms with Crippen LogP contribution < -0.4 is 10.1 Å². The Morgan fingerprint density at radius 3 is 2.67 bits per heavy atom. The second kappa shape index (κ2) is 9.66. The van der Waals surface area contributed by atoms with Crippen LogP contribution in [0.2, 0.25) is 10.0 Å². The Kier molecular flexibility index (Phi) is 7.04. The van der Waals surface area contributed by atoms with Gasteiger partial charge in [0.25, 0.3) is 0 Å². The number of hydrogen-bond donors (Lipinski definition) is 2. The molecule has 2 aliphatic heterocycles. The second-order valence-electron chi connectivity index (χ2n) is 7.71. The number of ether oxygens (including phenoxy) is 1. The summed E-state index contributed by atoms with van der Waals surface area (Å²) in [5.41, 5.74) is 0.799. The molecule has 0 aliphatic carbocycles. The fourth-order valence-electron chi connectivity index (χ4n) is 3.71. The number of fused-ring (bicyclic) bond motifs is 1. The van der Waals surface area contributed by atoms with E-state index in [4.69, 9.17) is 27.9 Å². The van der Waals surface area contributed by atoms with Crippen molar-refractivity contribution in [3.05, 3.63) is 58.1 Å². The lowest BCUT2D eigenvalue weighted by molar-refractivity contribution is -0.152. The number of carbonyl (C=O) groups is 3. The van der Waals surface area contributed by atoms with Crippen molar-refractivity contribution in [3.8, 4) is 5.75 Å². The molecule has 2 unspecified atom stereocenters. The van der Waals surface area contributed by atoms with Gasteiger partial charge >= 0.3 is 5.97 Å². The Bertz CT molecular complexity index is 1100. The summed E-state index contributed by atoms with van der Waals surface area (Å²) in [6, 6.07) is 11.3. The molecular formula is C22H20Cl2N2O5S2. The molecule has 2 saturated heterocycles. The van der Waals surface area contributed by atoms with Gasteiger partial charge in [-0.1, -0.05) is 35.3 Å². The highest BCUT2D eigenvalue weighted by Gasteiger charge is 2.58. The largest absolute Gasteiger partial charge is 0.497 e. The first-order valence-electron chi connectivity index (χ1n) is 9.94. The number of nitrogens with one attached hydrogen (secondary N) is 1. The maximum atomic E-state index is 12.8. The molecule has 2 heterocycles. The van der Waals surface area contributed by atoms with Crippen LogP contribution in [0.4, 0.5) is 0 Å². The molecule has 0 saturated carbocycles. The molecule has 0 bridgehead atoms. The van der Waals surface area contributed by atoms with Crippen LogP contribution in [-0.2, 0) is 20.8 Å². The number of nitrogens with zero attached hydrogens (tertiary/aromatic N) is 1. The first-order valence-corrected chi connectivity index (χ1v) is 12.6. The van der Waals surface area contributed by atoms with E-state index in [1.165, 1.54) is 16.7 Å². The number of carbonyl (C=O) groups excluding carboxylic acids is 2. The molecule has 4 rings (SSSR count). The third-order valence-electron chi connectivity index (χ3n) is 5.48. The van der Waals surface area contributed by atoms with Crippen molar-refractivity contribution in [2.75, 3.05) is 19.4 Å². The zero-order valence-corrected chi connectivity index (χ0v) is 20.6. The summed E-state index contributed by atoms with van der Waals surface area (Å²) in [5.74, 6) is -0.655. The minimum absolute atomic E-state index is 0.0111. The van der Waals surface area contributed by atoms with Crippen molar-refractivity contribution >= 4 is 64.5 Å². The molecule has 2 N–H and O–H groups in total. The molecular weight excluding hydrogens is 507 g/mol. The summed E-state index contributed by atoms with van der Waals surface area (Å²) in [6.45, 7) is 0.0111. The van der Waals surface area contributed by atoms with E-state index in [1.54, 1.807) is 49.6 Å². The Morgan fingerprint density at radius 1 is 1.27 bits per heavy atom. The number of benzene rings is 2. The first-order chi connectivity index (χ1) is 15.7. The smallest absolute Gasteiger partial charge is 0.322 e. The van der Waals surface area contributed by atoms with E-state index in [0.29, 0.717) is 20.7 Å². The van der Waals surface area contributed by atoms with Crippen molar-refractivity contribution in [1.29, 1.82) is 0 Å². The molecule has 2 aromatic carbocycles. The minimum atomic E-state index is -1.27. The lowest BCUT2D eigenvalue weighted by atomic mass is 10.0. The van der Waals surface area contributed by atoms with Gasteiger partial charge in [-0.3, -0.25) is 14.4 Å². The lowest BCUT2D eigenvalue weighted by Gasteiger charge is -2.53. The maximum Gasteiger partial charge on any atom is 0.322 e. The van der Waals surface area contributed by atoms with E-state index < -0.39 is 16.8 Å². The predicted molar refractivity (Wildman–Crippen MR) is 129 cm³/mol. The van der Waals surface area contributed by atoms with Crippen LogP contribution in [0, 0.1) is 0 Å². The third-order valence-corrected chi connectivity index (χ3v) is 9.27. The van der Waals surface area contributed by atoms with Crippen LogP contribution >= 0.6 is 46.7 Å². The van der Waals surface area contributed by atoms with Crippen LogP contribution in [0.25, 0.3) is 0 Å². The molecule has 0 radical (unpaired) electrons. The third kappa shape index (κ3) is 4.91. The Balaban J connectivity index is 1.41. The Morgan fingerprint density at radius 2 is 2.00 bits per heavy atom. The molecule has 174 valence electrons. The van der Waals surface area contributed by atoms with E-state index in [1.807, 2.05) is 0 Å². The monoisotopic (exact) mass is 526 g/mol. The predicted octanol–water partition coefficient (Wildman–Crippen LogP) is 3.56. The van der Waals surface area contributed by atoms with Gasteiger partial charge in [0, 0.05) is 22.2 Å². The number of halogens is 2. The molecule has 2 aromatic rings. The van der Waals surface area contributed by atoms with E-state index in [9.17, 15) is 19.5 Å². The Hall–Kier alpha value is -2.07. The van der Waals surface area contributed by atoms with Crippen molar-refractivity contribution in [3.63, 3.8) is 0 Å². The van der Waals surface area contributed by atoms with Crippen LogP contribution in [0.5, 0.6) is 5.75 Å². The zero-order valence-electron chi connectivity index (χ0n) is 17.4. The van der Waals surface area contributed by atoms with Gasteiger partial charge in [0.05, 0.1) is 18.6 Å². The van der Waals surface area contributed by atoms with Crippen LogP contribution in [0.3, 0.4) is 0 Å². The molecule has 2 amide bonds. The Labute approximate surface area is 209 Å². The van der Waals surface area contributed by atoms with Crippen molar-refractivity contribution in [2.24, 2.45) is 0 Å². The summed E-state index contributed by atoms with van der Waals surface area (Å²) in [4.78, 5) is 39.6. The molecule has 33 heavy (non-hydrogen) atoms. The van der Waals surface area contributed by atoms with Gasteiger partial charge in [-0.15, -0.1) is 23.5 Å². The molecule has 7 nitrogen and oxygen atoms in total. The fourth-order valence-corrected chi connectivity index (χ4v) is 7.07. The highest BCUT2D eigenvalue weighted by Crippen LogP contribution is 2.48. The number of carboxylic acids is 1. The maximum absolute atomic E-state index is 12.8. The van der Waals surface area contributed by atoms with Crippen molar-refractivity contribution in [2.45, 2.75) is 27.5 Å². The second-order valence-corrected chi connectivity index (χ2v) is 11.1. The average molecular weight is 527 g/mol.